The zero-order valence-electron chi connectivity index (χ0n) is 11.5. The summed E-state index contributed by atoms with van der Waals surface area (Å²) in [5.74, 6) is -0.654. The SMILES string of the molecule is Cc1cc(C(C)n2c(N)nnc2SCC(=O)O)c(C)s1. The third kappa shape index (κ3) is 2.96. The molecule has 1 atom stereocenters. The molecule has 2 rings (SSSR count). The van der Waals surface area contributed by atoms with Gasteiger partial charge in [0.05, 0.1) is 11.8 Å². The summed E-state index contributed by atoms with van der Waals surface area (Å²) in [7, 11) is 0. The molecule has 0 saturated carbocycles. The fraction of sp³-hybridized carbons (Fsp3) is 0.417. The van der Waals surface area contributed by atoms with E-state index in [0.29, 0.717) is 11.1 Å². The van der Waals surface area contributed by atoms with Crippen LogP contribution in [0, 0.1) is 13.8 Å². The molecule has 0 saturated heterocycles. The number of carboxylic acid groups (broad SMARTS) is 1. The van der Waals surface area contributed by atoms with E-state index in [-0.39, 0.29) is 11.8 Å². The summed E-state index contributed by atoms with van der Waals surface area (Å²) in [6, 6.07) is 2.10. The van der Waals surface area contributed by atoms with Crippen molar-refractivity contribution < 1.29 is 9.90 Å². The molecule has 8 heteroatoms. The molecule has 2 aromatic rings. The first-order valence-corrected chi connectivity index (χ1v) is 7.82. The lowest BCUT2D eigenvalue weighted by Crippen LogP contribution is -2.12. The second kappa shape index (κ2) is 5.84. The highest BCUT2D eigenvalue weighted by Gasteiger charge is 2.20. The Labute approximate surface area is 125 Å². The molecule has 0 aliphatic carbocycles. The molecular weight excluding hydrogens is 296 g/mol. The van der Waals surface area contributed by atoms with Crippen molar-refractivity contribution in [2.75, 3.05) is 11.5 Å². The highest BCUT2D eigenvalue weighted by atomic mass is 32.2. The molecule has 3 N–H and O–H groups in total. The van der Waals surface area contributed by atoms with Crippen molar-refractivity contribution >= 4 is 35.0 Å². The van der Waals surface area contributed by atoms with Gasteiger partial charge in [0.15, 0.2) is 5.16 Å². The molecule has 108 valence electrons. The number of nitrogens with two attached hydrogens (primary N) is 1. The minimum absolute atomic E-state index is 0.0220. The molecule has 0 bridgehead atoms. The third-order valence-electron chi connectivity index (χ3n) is 2.93. The summed E-state index contributed by atoms with van der Waals surface area (Å²) in [6.07, 6.45) is 0. The number of nitrogen functional groups attached to an aromatic ring is 1. The standard InChI is InChI=1S/C12H16N4O2S2/c1-6-4-9(8(3)20-6)7(2)16-11(13)14-15-12(16)19-5-10(17)18/h4,7H,5H2,1-3H3,(H2,13,14)(H,17,18). The van der Waals surface area contributed by atoms with Gasteiger partial charge in [-0.1, -0.05) is 11.8 Å². The maximum Gasteiger partial charge on any atom is 0.313 e. The number of thiophene rings is 1. The molecule has 0 aromatic carbocycles. The minimum atomic E-state index is -0.890. The minimum Gasteiger partial charge on any atom is -0.481 e. The Morgan fingerprint density at radius 2 is 2.25 bits per heavy atom. The van der Waals surface area contributed by atoms with Crippen LogP contribution in [-0.2, 0) is 4.79 Å². The number of rotatable bonds is 5. The van der Waals surface area contributed by atoms with Crippen LogP contribution in [0.25, 0.3) is 0 Å². The predicted octanol–water partition coefficient (Wildman–Crippen LogP) is 2.32. The Hall–Kier alpha value is -1.54. The van der Waals surface area contributed by atoms with Crippen LogP contribution in [-0.4, -0.2) is 31.6 Å². The van der Waals surface area contributed by atoms with Gasteiger partial charge < -0.3 is 10.8 Å². The molecule has 2 aromatic heterocycles. The predicted molar refractivity (Wildman–Crippen MR) is 80.4 cm³/mol. The normalized spacial score (nSPS) is 12.6. The van der Waals surface area contributed by atoms with Gasteiger partial charge in [-0.05, 0) is 32.4 Å². The zero-order valence-corrected chi connectivity index (χ0v) is 13.1. The molecule has 0 fully saturated rings. The summed E-state index contributed by atoms with van der Waals surface area (Å²) in [6.45, 7) is 6.14. The van der Waals surface area contributed by atoms with E-state index in [1.807, 2.05) is 6.92 Å². The van der Waals surface area contributed by atoms with Crippen LogP contribution in [0.3, 0.4) is 0 Å². The van der Waals surface area contributed by atoms with E-state index in [0.717, 1.165) is 17.3 Å². The number of carboxylic acids is 1. The second-order valence-corrected chi connectivity index (χ2v) is 6.84. The number of aryl methyl sites for hydroxylation is 2. The monoisotopic (exact) mass is 312 g/mol. The van der Waals surface area contributed by atoms with Gasteiger partial charge in [-0.15, -0.1) is 21.5 Å². The summed E-state index contributed by atoms with van der Waals surface area (Å²) in [5.41, 5.74) is 7.04. The van der Waals surface area contributed by atoms with Crippen molar-refractivity contribution in [2.45, 2.75) is 32.0 Å². The smallest absolute Gasteiger partial charge is 0.313 e. The fourth-order valence-electron chi connectivity index (χ4n) is 2.08. The van der Waals surface area contributed by atoms with Crippen molar-refractivity contribution in [1.29, 1.82) is 0 Å². The summed E-state index contributed by atoms with van der Waals surface area (Å²) in [5, 5.41) is 17.1. The summed E-state index contributed by atoms with van der Waals surface area (Å²) >= 11 is 2.85. The zero-order chi connectivity index (χ0) is 14.9. The second-order valence-electron chi connectivity index (χ2n) is 4.44. The number of thioether (sulfide) groups is 1. The Morgan fingerprint density at radius 3 is 2.80 bits per heavy atom. The topological polar surface area (TPSA) is 94.0 Å². The van der Waals surface area contributed by atoms with Crippen LogP contribution < -0.4 is 5.73 Å². The Morgan fingerprint density at radius 1 is 1.55 bits per heavy atom. The van der Waals surface area contributed by atoms with Crippen molar-refractivity contribution in [3.8, 4) is 0 Å². The number of nitrogens with zero attached hydrogens (tertiary/aromatic N) is 3. The van der Waals surface area contributed by atoms with Gasteiger partial charge in [0.1, 0.15) is 0 Å². The number of anilines is 1. The molecule has 0 spiro atoms. The van der Waals surface area contributed by atoms with Gasteiger partial charge in [0, 0.05) is 9.75 Å². The molecule has 2 heterocycles. The van der Waals surface area contributed by atoms with Crippen molar-refractivity contribution in [3.63, 3.8) is 0 Å². The molecule has 0 aliphatic rings. The third-order valence-corrected chi connectivity index (χ3v) is 4.84. The number of hydrogen-bond donors (Lipinski definition) is 2. The molecule has 0 aliphatic heterocycles. The van der Waals surface area contributed by atoms with Crippen LogP contribution in [0.15, 0.2) is 11.2 Å². The average molecular weight is 312 g/mol. The van der Waals surface area contributed by atoms with Crippen LogP contribution in [0.2, 0.25) is 0 Å². The summed E-state index contributed by atoms with van der Waals surface area (Å²) < 4.78 is 1.78. The first-order chi connectivity index (χ1) is 9.40. The number of aromatic nitrogens is 3. The molecule has 0 radical (unpaired) electrons. The van der Waals surface area contributed by atoms with Crippen LogP contribution >= 0.6 is 23.1 Å². The van der Waals surface area contributed by atoms with Crippen LogP contribution in [0.5, 0.6) is 0 Å². The lowest BCUT2D eigenvalue weighted by molar-refractivity contribution is -0.133. The van der Waals surface area contributed by atoms with Crippen LogP contribution in [0.4, 0.5) is 5.95 Å². The van der Waals surface area contributed by atoms with E-state index in [1.165, 1.54) is 9.75 Å². The van der Waals surface area contributed by atoms with E-state index < -0.39 is 5.97 Å². The molecule has 0 amide bonds. The number of hydrogen-bond acceptors (Lipinski definition) is 6. The Kier molecular flexibility index (Phi) is 4.34. The van der Waals surface area contributed by atoms with E-state index in [2.05, 4.69) is 30.1 Å². The lowest BCUT2D eigenvalue weighted by atomic mass is 10.1. The van der Waals surface area contributed by atoms with Gasteiger partial charge in [0.2, 0.25) is 5.95 Å². The molecule has 20 heavy (non-hydrogen) atoms. The Balaban J connectivity index is 2.34. The molecular formula is C12H16N4O2S2. The first kappa shape index (κ1) is 14.9. The highest BCUT2D eigenvalue weighted by Crippen LogP contribution is 2.32. The van der Waals surface area contributed by atoms with Gasteiger partial charge in [0.25, 0.3) is 0 Å². The van der Waals surface area contributed by atoms with Gasteiger partial charge in [-0.25, -0.2) is 0 Å². The van der Waals surface area contributed by atoms with E-state index in [1.54, 1.807) is 15.9 Å². The van der Waals surface area contributed by atoms with E-state index in [4.69, 9.17) is 10.8 Å². The lowest BCUT2D eigenvalue weighted by Gasteiger charge is -2.16. The Bertz CT molecular complexity index is 635. The van der Waals surface area contributed by atoms with E-state index >= 15 is 0 Å². The van der Waals surface area contributed by atoms with E-state index in [9.17, 15) is 4.79 Å². The maximum absolute atomic E-state index is 10.7. The number of aliphatic carboxylic acids is 1. The average Bonchev–Trinajstić information content (AvgIpc) is 2.89. The van der Waals surface area contributed by atoms with Crippen molar-refractivity contribution in [3.05, 3.63) is 21.4 Å². The molecule has 6 nitrogen and oxygen atoms in total. The van der Waals surface area contributed by atoms with Crippen molar-refractivity contribution in [2.24, 2.45) is 0 Å². The first-order valence-electron chi connectivity index (χ1n) is 6.02. The maximum atomic E-state index is 10.7. The van der Waals surface area contributed by atoms with Crippen molar-refractivity contribution in [1.82, 2.24) is 14.8 Å². The highest BCUT2D eigenvalue weighted by molar-refractivity contribution is 7.99. The largest absolute Gasteiger partial charge is 0.481 e. The van der Waals surface area contributed by atoms with Gasteiger partial charge >= 0.3 is 5.97 Å². The van der Waals surface area contributed by atoms with Crippen LogP contribution in [0.1, 0.15) is 28.3 Å². The molecule has 1 unspecified atom stereocenters. The van der Waals surface area contributed by atoms with Gasteiger partial charge in [-0.3, -0.25) is 9.36 Å². The summed E-state index contributed by atoms with van der Waals surface area (Å²) in [4.78, 5) is 13.1. The number of carbonyl (C=O) groups is 1. The quantitative estimate of drug-likeness (QED) is 0.823. The fourth-order valence-corrected chi connectivity index (χ4v) is 3.84. The van der Waals surface area contributed by atoms with Gasteiger partial charge in [-0.2, -0.15) is 0 Å².